The van der Waals surface area contributed by atoms with Gasteiger partial charge in [-0.2, -0.15) is 17.5 Å². The molecule has 1 saturated carbocycles. The van der Waals surface area contributed by atoms with Gasteiger partial charge in [0.25, 0.3) is 0 Å². The van der Waals surface area contributed by atoms with Crippen LogP contribution < -0.4 is 0 Å². The number of thiophene rings is 1. The molecule has 0 amide bonds. The van der Waals surface area contributed by atoms with Gasteiger partial charge in [-0.3, -0.25) is 4.90 Å². The van der Waals surface area contributed by atoms with Crippen molar-refractivity contribution in [2.75, 3.05) is 32.8 Å². The molecule has 1 aromatic rings. The summed E-state index contributed by atoms with van der Waals surface area (Å²) in [6.45, 7) is 4.48. The number of hydrogen-bond donors (Lipinski definition) is 1. The van der Waals surface area contributed by atoms with E-state index < -0.39 is 22.2 Å². The lowest BCUT2D eigenvalue weighted by molar-refractivity contribution is -0.192. The van der Waals surface area contributed by atoms with Gasteiger partial charge >= 0.3 is 12.1 Å². The van der Waals surface area contributed by atoms with Crippen LogP contribution in [-0.4, -0.2) is 79.0 Å². The molecule has 164 valence electrons. The van der Waals surface area contributed by atoms with Crippen LogP contribution in [0.1, 0.15) is 17.7 Å². The minimum atomic E-state index is -5.08. The van der Waals surface area contributed by atoms with E-state index >= 15 is 0 Å². The minimum Gasteiger partial charge on any atom is -0.475 e. The molecule has 1 aromatic heterocycles. The number of halogens is 3. The third kappa shape index (κ3) is 5.91. The normalized spacial score (nSPS) is 26.3. The molecule has 3 aliphatic rings. The SMILES string of the molecule is O=C(O)C(F)(F)F.O=S(=O)(C1CC1)N1CCO[C@@H]2CN(Cc3cccs3)C[C@@H]2C1. The van der Waals surface area contributed by atoms with Crippen molar-refractivity contribution >= 4 is 27.3 Å². The lowest BCUT2D eigenvalue weighted by Crippen LogP contribution is -2.39. The Kier molecular flexibility index (Phi) is 6.88. The van der Waals surface area contributed by atoms with Gasteiger partial charge in [0.2, 0.25) is 10.0 Å². The van der Waals surface area contributed by atoms with E-state index in [2.05, 4.69) is 22.4 Å². The molecule has 1 aliphatic carbocycles. The number of alkyl halides is 3. The summed E-state index contributed by atoms with van der Waals surface area (Å²) in [5, 5.41) is 9.11. The fraction of sp³-hybridized carbons (Fsp3) is 0.706. The zero-order chi connectivity index (χ0) is 21.2. The first-order valence-corrected chi connectivity index (χ1v) is 11.6. The van der Waals surface area contributed by atoms with E-state index in [1.807, 2.05) is 0 Å². The minimum absolute atomic E-state index is 0.118. The number of fused-ring (bicyclic) bond motifs is 1. The molecule has 1 N–H and O–H groups in total. The van der Waals surface area contributed by atoms with Crippen LogP contribution in [0.25, 0.3) is 0 Å². The fourth-order valence-corrected chi connectivity index (χ4v) is 6.14. The number of nitrogens with zero attached hydrogens (tertiary/aromatic N) is 2. The first-order valence-electron chi connectivity index (χ1n) is 9.23. The summed E-state index contributed by atoms with van der Waals surface area (Å²) in [5.41, 5.74) is 0. The number of aliphatic carboxylic acids is 1. The van der Waals surface area contributed by atoms with Crippen molar-refractivity contribution in [3.8, 4) is 0 Å². The van der Waals surface area contributed by atoms with E-state index in [4.69, 9.17) is 14.6 Å². The van der Waals surface area contributed by atoms with E-state index in [1.165, 1.54) is 4.88 Å². The van der Waals surface area contributed by atoms with Gasteiger partial charge in [-0.15, -0.1) is 11.3 Å². The zero-order valence-corrected chi connectivity index (χ0v) is 17.2. The second kappa shape index (κ2) is 8.88. The molecule has 7 nitrogen and oxygen atoms in total. The number of likely N-dealkylation sites (tertiary alicyclic amines) is 1. The van der Waals surface area contributed by atoms with Crippen LogP contribution in [0.3, 0.4) is 0 Å². The van der Waals surface area contributed by atoms with Gasteiger partial charge in [-0.05, 0) is 24.3 Å². The van der Waals surface area contributed by atoms with Crippen molar-refractivity contribution in [3.63, 3.8) is 0 Å². The summed E-state index contributed by atoms with van der Waals surface area (Å²) in [6.07, 6.45) is -3.24. The average molecular weight is 457 g/mol. The lowest BCUT2D eigenvalue weighted by atomic mass is 10.1. The van der Waals surface area contributed by atoms with Crippen LogP contribution in [0, 0.1) is 5.92 Å². The van der Waals surface area contributed by atoms with E-state index in [1.54, 1.807) is 15.6 Å². The summed E-state index contributed by atoms with van der Waals surface area (Å²) in [7, 11) is -3.08. The van der Waals surface area contributed by atoms with Gasteiger partial charge in [0, 0.05) is 43.5 Å². The molecule has 12 heteroatoms. The second-order valence-corrected chi connectivity index (χ2v) is 10.6. The van der Waals surface area contributed by atoms with Crippen LogP contribution >= 0.6 is 11.3 Å². The molecule has 2 aliphatic heterocycles. The highest BCUT2D eigenvalue weighted by Gasteiger charge is 2.44. The van der Waals surface area contributed by atoms with E-state index in [0.717, 1.165) is 32.5 Å². The van der Waals surface area contributed by atoms with Crippen LogP contribution in [-0.2, 0) is 26.1 Å². The maximum absolute atomic E-state index is 12.5. The lowest BCUT2D eigenvalue weighted by Gasteiger charge is -2.23. The van der Waals surface area contributed by atoms with Gasteiger partial charge in [-0.25, -0.2) is 13.2 Å². The Morgan fingerprint density at radius 1 is 1.28 bits per heavy atom. The highest BCUT2D eigenvalue weighted by atomic mass is 32.2. The Labute approximate surface area is 171 Å². The molecule has 0 unspecified atom stereocenters. The van der Waals surface area contributed by atoms with Crippen LogP contribution in [0.5, 0.6) is 0 Å². The highest BCUT2D eigenvalue weighted by Crippen LogP contribution is 2.33. The largest absolute Gasteiger partial charge is 0.490 e. The van der Waals surface area contributed by atoms with Crippen LogP contribution in [0.2, 0.25) is 0 Å². The molecular weight excluding hydrogens is 433 g/mol. The number of carbonyl (C=O) groups is 1. The molecule has 3 fully saturated rings. The summed E-state index contributed by atoms with van der Waals surface area (Å²) in [6, 6.07) is 4.23. The molecule has 2 atom stereocenters. The third-order valence-electron chi connectivity index (χ3n) is 5.07. The number of ether oxygens (including phenoxy) is 1. The van der Waals surface area contributed by atoms with Crippen molar-refractivity contribution < 1.29 is 36.2 Å². The number of carboxylic acid groups (broad SMARTS) is 1. The number of hydrogen-bond acceptors (Lipinski definition) is 6. The Balaban J connectivity index is 0.000000298. The Hall–Kier alpha value is -1.21. The smallest absolute Gasteiger partial charge is 0.475 e. The molecule has 3 heterocycles. The van der Waals surface area contributed by atoms with Crippen molar-refractivity contribution in [2.24, 2.45) is 5.92 Å². The van der Waals surface area contributed by atoms with Crippen molar-refractivity contribution in [3.05, 3.63) is 22.4 Å². The maximum atomic E-state index is 12.5. The summed E-state index contributed by atoms with van der Waals surface area (Å²) in [5.74, 6) is -2.46. The maximum Gasteiger partial charge on any atom is 0.490 e. The third-order valence-corrected chi connectivity index (χ3v) is 8.30. The zero-order valence-electron chi connectivity index (χ0n) is 15.5. The summed E-state index contributed by atoms with van der Waals surface area (Å²) < 4.78 is 64.4. The molecule has 0 bridgehead atoms. The molecule has 0 spiro atoms. The predicted molar refractivity (Wildman–Crippen MR) is 100 cm³/mol. The topological polar surface area (TPSA) is 87.1 Å². The molecule has 2 saturated heterocycles. The van der Waals surface area contributed by atoms with Crippen molar-refractivity contribution in [1.29, 1.82) is 0 Å². The first-order chi connectivity index (χ1) is 13.6. The average Bonchev–Trinajstić information content (AvgIpc) is 3.32. The summed E-state index contributed by atoms with van der Waals surface area (Å²) >= 11 is 1.78. The van der Waals surface area contributed by atoms with Gasteiger partial charge < -0.3 is 9.84 Å². The first kappa shape index (κ1) is 22.5. The molecule has 4 rings (SSSR count). The highest BCUT2D eigenvalue weighted by molar-refractivity contribution is 7.90. The number of rotatable bonds is 4. The summed E-state index contributed by atoms with van der Waals surface area (Å²) in [4.78, 5) is 12.7. The van der Waals surface area contributed by atoms with Crippen molar-refractivity contribution in [1.82, 2.24) is 9.21 Å². The van der Waals surface area contributed by atoms with Gasteiger partial charge in [0.15, 0.2) is 0 Å². The Morgan fingerprint density at radius 3 is 2.52 bits per heavy atom. The molecular formula is C17H23F3N2O5S2. The molecule has 0 radical (unpaired) electrons. The molecule has 0 aromatic carbocycles. The van der Waals surface area contributed by atoms with Crippen LogP contribution in [0.4, 0.5) is 13.2 Å². The van der Waals surface area contributed by atoms with Gasteiger partial charge in [-0.1, -0.05) is 6.07 Å². The second-order valence-electron chi connectivity index (χ2n) is 7.35. The van der Waals surface area contributed by atoms with E-state index in [0.29, 0.717) is 25.6 Å². The number of carboxylic acids is 1. The molecule has 29 heavy (non-hydrogen) atoms. The van der Waals surface area contributed by atoms with Crippen molar-refractivity contribution in [2.45, 2.75) is 36.9 Å². The van der Waals surface area contributed by atoms with Gasteiger partial charge in [0.05, 0.1) is 18.0 Å². The Morgan fingerprint density at radius 2 is 1.97 bits per heavy atom. The predicted octanol–water partition coefficient (Wildman–Crippen LogP) is 2.01. The quantitative estimate of drug-likeness (QED) is 0.746. The van der Waals surface area contributed by atoms with E-state index in [-0.39, 0.29) is 11.4 Å². The van der Waals surface area contributed by atoms with Crippen LogP contribution in [0.15, 0.2) is 17.5 Å². The van der Waals surface area contributed by atoms with E-state index in [9.17, 15) is 21.6 Å². The standard InChI is InChI=1S/C15H22N2O3S2.C2HF3O2/c18-22(19,14-3-4-14)17-5-6-20-15-11-16(8-12(15)9-17)10-13-2-1-7-21-13;3-2(4,5)1(6)7/h1-2,7,12,14-15H,3-6,8-11H2;(H,6,7)/t12-,15-;/m1./s1. The number of sulfonamides is 1. The Bertz CT molecular complexity index is 796. The van der Waals surface area contributed by atoms with Gasteiger partial charge in [0.1, 0.15) is 0 Å². The fourth-order valence-electron chi connectivity index (χ4n) is 3.51. The monoisotopic (exact) mass is 456 g/mol.